The highest BCUT2D eigenvalue weighted by molar-refractivity contribution is 6.30. The van der Waals surface area contributed by atoms with Gasteiger partial charge in [0, 0.05) is 17.6 Å². The lowest BCUT2D eigenvalue weighted by molar-refractivity contribution is 0.0735. The summed E-state index contributed by atoms with van der Waals surface area (Å²) in [5, 5.41) is 8.88. The van der Waals surface area contributed by atoms with Gasteiger partial charge in [0.2, 0.25) is 0 Å². The third kappa shape index (κ3) is 4.34. The zero-order valence-electron chi connectivity index (χ0n) is 16.3. The molecule has 0 atom stereocenters. The first kappa shape index (κ1) is 19.7. The largest absolute Gasteiger partial charge is 0.422 e. The van der Waals surface area contributed by atoms with Gasteiger partial charge in [-0.15, -0.1) is 0 Å². The number of hydrazone groups is 1. The number of benzene rings is 4. The van der Waals surface area contributed by atoms with Gasteiger partial charge in [0.15, 0.2) is 0 Å². The number of hydrogen-bond acceptors (Lipinski definition) is 4. The first-order valence-corrected chi connectivity index (χ1v) is 9.82. The van der Waals surface area contributed by atoms with Crippen LogP contribution < -0.4 is 9.75 Å². The Balaban J connectivity index is 1.70. The first-order valence-electron chi connectivity index (χ1n) is 9.44. The second-order valence-corrected chi connectivity index (χ2v) is 7.14. The molecule has 0 N–H and O–H groups in total. The molecular weight excluding hydrogens is 396 g/mol. The van der Waals surface area contributed by atoms with E-state index in [2.05, 4.69) is 5.10 Å². The number of rotatable bonds is 5. The van der Waals surface area contributed by atoms with Crippen LogP contribution in [0.1, 0.15) is 15.9 Å². The van der Waals surface area contributed by atoms with Crippen molar-refractivity contribution in [3.05, 3.63) is 107 Å². The van der Waals surface area contributed by atoms with Crippen LogP contribution in [-0.4, -0.2) is 19.2 Å². The van der Waals surface area contributed by atoms with Crippen molar-refractivity contribution in [3.63, 3.8) is 0 Å². The van der Waals surface area contributed by atoms with Gasteiger partial charge >= 0.3 is 5.97 Å². The van der Waals surface area contributed by atoms with Crippen molar-refractivity contribution in [1.29, 1.82) is 0 Å². The molecule has 0 aliphatic carbocycles. The number of carbonyl (C=O) groups excluding carboxylic acids is 1. The fourth-order valence-corrected chi connectivity index (χ4v) is 3.22. The molecule has 30 heavy (non-hydrogen) atoms. The van der Waals surface area contributed by atoms with Crippen LogP contribution in [0.3, 0.4) is 0 Å². The lowest BCUT2D eigenvalue weighted by atomic mass is 10.0. The number of carbonyl (C=O) groups is 1. The molecule has 4 aromatic carbocycles. The first-order chi connectivity index (χ1) is 14.6. The summed E-state index contributed by atoms with van der Waals surface area (Å²) >= 11 is 5.91. The molecule has 0 aromatic heterocycles. The summed E-state index contributed by atoms with van der Waals surface area (Å²) in [4.78, 5) is 12.7. The summed E-state index contributed by atoms with van der Waals surface area (Å²) in [6.45, 7) is 0. The fourth-order valence-electron chi connectivity index (χ4n) is 3.10. The molecule has 0 aliphatic rings. The summed E-state index contributed by atoms with van der Waals surface area (Å²) in [5.74, 6) is -0.00752. The van der Waals surface area contributed by atoms with Crippen molar-refractivity contribution in [3.8, 4) is 5.75 Å². The van der Waals surface area contributed by atoms with E-state index in [1.54, 1.807) is 41.6 Å². The van der Waals surface area contributed by atoms with Crippen molar-refractivity contribution in [1.82, 2.24) is 0 Å². The van der Waals surface area contributed by atoms with Gasteiger partial charge in [-0.05, 0) is 53.2 Å². The Kier molecular flexibility index (Phi) is 5.77. The Morgan fingerprint density at radius 2 is 1.60 bits per heavy atom. The number of halogens is 1. The van der Waals surface area contributed by atoms with E-state index in [1.165, 1.54) is 0 Å². The zero-order valence-corrected chi connectivity index (χ0v) is 17.1. The summed E-state index contributed by atoms with van der Waals surface area (Å²) in [7, 11) is 1.87. The van der Waals surface area contributed by atoms with Gasteiger partial charge in [0.1, 0.15) is 5.75 Å². The second-order valence-electron chi connectivity index (χ2n) is 6.70. The summed E-state index contributed by atoms with van der Waals surface area (Å²) < 4.78 is 5.73. The Labute approximate surface area is 180 Å². The molecule has 0 saturated carbocycles. The van der Waals surface area contributed by atoms with E-state index in [-0.39, 0.29) is 0 Å². The van der Waals surface area contributed by atoms with Crippen LogP contribution in [0.15, 0.2) is 96.1 Å². The molecule has 0 unspecified atom stereocenters. The Bertz CT molecular complexity index is 1200. The molecule has 0 saturated heterocycles. The Hall–Kier alpha value is -3.63. The predicted octanol–water partition coefficient (Wildman–Crippen LogP) is 6.18. The number of fused-ring (bicyclic) bond motifs is 1. The smallest absolute Gasteiger partial charge is 0.343 e. The molecule has 0 spiro atoms. The summed E-state index contributed by atoms with van der Waals surface area (Å²) in [6.07, 6.45) is 1.72. The number of ether oxygens (including phenoxy) is 1. The van der Waals surface area contributed by atoms with Crippen LogP contribution >= 0.6 is 11.6 Å². The topological polar surface area (TPSA) is 41.9 Å². The van der Waals surface area contributed by atoms with Crippen LogP contribution in [0.2, 0.25) is 5.02 Å². The average molecular weight is 415 g/mol. The van der Waals surface area contributed by atoms with Crippen molar-refractivity contribution in [2.75, 3.05) is 12.1 Å². The quantitative estimate of drug-likeness (QED) is 0.169. The molecule has 0 radical (unpaired) electrons. The lowest BCUT2D eigenvalue weighted by Gasteiger charge is -2.14. The molecule has 0 bridgehead atoms. The minimum atomic E-state index is -0.451. The van der Waals surface area contributed by atoms with E-state index in [0.717, 1.165) is 22.0 Å². The highest BCUT2D eigenvalue weighted by atomic mass is 35.5. The average Bonchev–Trinajstić information content (AvgIpc) is 2.79. The van der Waals surface area contributed by atoms with E-state index in [1.807, 2.05) is 67.7 Å². The maximum Gasteiger partial charge on any atom is 0.343 e. The van der Waals surface area contributed by atoms with Gasteiger partial charge in [0.05, 0.1) is 17.5 Å². The summed E-state index contributed by atoms with van der Waals surface area (Å²) in [6, 6.07) is 28.1. The fraction of sp³-hybridized carbons (Fsp3) is 0.0400. The predicted molar refractivity (Wildman–Crippen MR) is 123 cm³/mol. The molecule has 5 heteroatoms. The highest BCUT2D eigenvalue weighted by Crippen LogP contribution is 2.28. The molecule has 148 valence electrons. The van der Waals surface area contributed by atoms with Crippen LogP contribution in [-0.2, 0) is 0 Å². The van der Waals surface area contributed by atoms with Gasteiger partial charge in [-0.25, -0.2) is 4.79 Å². The van der Waals surface area contributed by atoms with Crippen molar-refractivity contribution >= 4 is 40.2 Å². The van der Waals surface area contributed by atoms with E-state index >= 15 is 0 Å². The summed E-state index contributed by atoms with van der Waals surface area (Å²) in [5.41, 5.74) is 2.11. The SMILES string of the molecule is CN(N=Cc1c(OC(=O)c2ccc(Cl)cc2)ccc2ccccc12)c1ccccc1. The zero-order chi connectivity index (χ0) is 20.9. The minimum absolute atomic E-state index is 0.428. The third-order valence-corrected chi connectivity index (χ3v) is 4.96. The van der Waals surface area contributed by atoms with E-state index < -0.39 is 5.97 Å². The van der Waals surface area contributed by atoms with Gasteiger partial charge in [0.25, 0.3) is 0 Å². The Morgan fingerprint density at radius 3 is 2.37 bits per heavy atom. The molecule has 4 aromatic rings. The number of esters is 1. The van der Waals surface area contributed by atoms with Crippen molar-refractivity contribution in [2.24, 2.45) is 5.10 Å². The van der Waals surface area contributed by atoms with E-state index in [0.29, 0.717) is 16.3 Å². The molecule has 0 amide bonds. The van der Waals surface area contributed by atoms with Gasteiger partial charge in [-0.3, -0.25) is 5.01 Å². The molecule has 4 nitrogen and oxygen atoms in total. The lowest BCUT2D eigenvalue weighted by Crippen LogP contribution is -2.11. The van der Waals surface area contributed by atoms with Crippen LogP contribution in [0.5, 0.6) is 5.75 Å². The minimum Gasteiger partial charge on any atom is -0.422 e. The van der Waals surface area contributed by atoms with E-state index in [4.69, 9.17) is 16.3 Å². The van der Waals surface area contributed by atoms with Crippen molar-refractivity contribution < 1.29 is 9.53 Å². The van der Waals surface area contributed by atoms with Gasteiger partial charge in [-0.2, -0.15) is 5.10 Å². The molecule has 0 heterocycles. The third-order valence-electron chi connectivity index (χ3n) is 4.70. The monoisotopic (exact) mass is 414 g/mol. The molecule has 0 fully saturated rings. The van der Waals surface area contributed by atoms with Crippen LogP contribution in [0, 0.1) is 0 Å². The van der Waals surface area contributed by atoms with Crippen molar-refractivity contribution in [2.45, 2.75) is 0 Å². The maximum atomic E-state index is 12.7. The highest BCUT2D eigenvalue weighted by Gasteiger charge is 2.14. The molecule has 0 aliphatic heterocycles. The molecular formula is C25H19ClN2O2. The number of para-hydroxylation sites is 1. The standard InChI is InChI=1S/C25H19ClN2O2/c1-28(21-8-3-2-4-9-21)27-17-23-22-10-6-5-7-18(22)13-16-24(23)30-25(29)19-11-14-20(26)15-12-19/h2-17H,1H3. The van der Waals surface area contributed by atoms with E-state index in [9.17, 15) is 4.79 Å². The van der Waals surface area contributed by atoms with Gasteiger partial charge in [-0.1, -0.05) is 60.1 Å². The van der Waals surface area contributed by atoms with Gasteiger partial charge < -0.3 is 4.74 Å². The number of hydrogen-bond donors (Lipinski definition) is 0. The normalized spacial score (nSPS) is 11.0. The van der Waals surface area contributed by atoms with Crippen LogP contribution in [0.4, 0.5) is 5.69 Å². The molecule has 4 rings (SSSR count). The number of anilines is 1. The van der Waals surface area contributed by atoms with Crippen LogP contribution in [0.25, 0.3) is 10.8 Å². The number of nitrogens with zero attached hydrogens (tertiary/aromatic N) is 2. The maximum absolute atomic E-state index is 12.7. The Morgan fingerprint density at radius 1 is 0.900 bits per heavy atom. The second kappa shape index (κ2) is 8.80.